The molecule has 1 aromatic rings. The standard InChI is InChI=1S/C18H29N/c1-7-19-16-12-15(18(16,5)6)13-8-10-14(11-9-13)17(2,3)4/h8-11,15-16,19H,7,12H2,1-6H3. The van der Waals surface area contributed by atoms with Crippen molar-refractivity contribution in [3.63, 3.8) is 0 Å². The van der Waals surface area contributed by atoms with E-state index in [0.29, 0.717) is 17.4 Å². The maximum Gasteiger partial charge on any atom is 0.0130 e. The first-order chi connectivity index (χ1) is 8.76. The lowest BCUT2D eigenvalue weighted by molar-refractivity contribution is 0.0706. The third kappa shape index (κ3) is 2.72. The second-order valence-corrected chi connectivity index (χ2v) is 7.59. The average molecular weight is 259 g/mol. The van der Waals surface area contributed by atoms with Crippen molar-refractivity contribution in [3.05, 3.63) is 35.4 Å². The van der Waals surface area contributed by atoms with Gasteiger partial charge >= 0.3 is 0 Å². The van der Waals surface area contributed by atoms with Crippen LogP contribution in [0.2, 0.25) is 0 Å². The average Bonchev–Trinajstić information content (AvgIpc) is 2.33. The van der Waals surface area contributed by atoms with Crippen LogP contribution < -0.4 is 5.32 Å². The fraction of sp³-hybridized carbons (Fsp3) is 0.667. The molecule has 0 aromatic heterocycles. The molecule has 0 bridgehead atoms. The Morgan fingerprint density at radius 1 is 1.16 bits per heavy atom. The van der Waals surface area contributed by atoms with Gasteiger partial charge in [-0.05, 0) is 40.8 Å². The van der Waals surface area contributed by atoms with Gasteiger partial charge < -0.3 is 5.32 Å². The van der Waals surface area contributed by atoms with Gasteiger partial charge in [-0.2, -0.15) is 0 Å². The first kappa shape index (κ1) is 14.6. The summed E-state index contributed by atoms with van der Waals surface area (Å²) in [4.78, 5) is 0. The van der Waals surface area contributed by atoms with Gasteiger partial charge in [-0.3, -0.25) is 0 Å². The van der Waals surface area contributed by atoms with Crippen molar-refractivity contribution in [2.45, 2.75) is 65.3 Å². The SMILES string of the molecule is CCNC1CC(c2ccc(C(C)(C)C)cc2)C1(C)C. The largest absolute Gasteiger partial charge is 0.314 e. The first-order valence-electron chi connectivity index (χ1n) is 7.60. The minimum atomic E-state index is 0.250. The Labute approximate surface area is 118 Å². The number of hydrogen-bond acceptors (Lipinski definition) is 1. The van der Waals surface area contributed by atoms with Crippen LogP contribution in [-0.2, 0) is 5.41 Å². The topological polar surface area (TPSA) is 12.0 Å². The third-order valence-electron chi connectivity index (χ3n) is 4.90. The fourth-order valence-corrected chi connectivity index (χ4v) is 3.30. The Morgan fingerprint density at radius 2 is 1.74 bits per heavy atom. The van der Waals surface area contributed by atoms with E-state index in [0.717, 1.165) is 6.54 Å². The van der Waals surface area contributed by atoms with Crippen molar-refractivity contribution in [2.75, 3.05) is 6.54 Å². The molecule has 2 rings (SSSR count). The van der Waals surface area contributed by atoms with Gasteiger partial charge in [0.15, 0.2) is 0 Å². The molecule has 1 N–H and O–H groups in total. The van der Waals surface area contributed by atoms with Gasteiger partial charge in [-0.1, -0.05) is 65.8 Å². The lowest BCUT2D eigenvalue weighted by atomic mass is 9.56. The summed E-state index contributed by atoms with van der Waals surface area (Å²) in [5, 5.41) is 3.61. The van der Waals surface area contributed by atoms with E-state index in [-0.39, 0.29) is 5.41 Å². The van der Waals surface area contributed by atoms with E-state index in [9.17, 15) is 0 Å². The summed E-state index contributed by atoms with van der Waals surface area (Å²) in [6.07, 6.45) is 1.27. The summed E-state index contributed by atoms with van der Waals surface area (Å²) in [5.41, 5.74) is 3.56. The van der Waals surface area contributed by atoms with Gasteiger partial charge in [-0.25, -0.2) is 0 Å². The van der Waals surface area contributed by atoms with Crippen LogP contribution in [0.25, 0.3) is 0 Å². The fourth-order valence-electron chi connectivity index (χ4n) is 3.30. The van der Waals surface area contributed by atoms with Crippen molar-refractivity contribution < 1.29 is 0 Å². The van der Waals surface area contributed by atoms with Gasteiger partial charge in [0.1, 0.15) is 0 Å². The quantitative estimate of drug-likeness (QED) is 0.844. The molecule has 0 amide bonds. The second kappa shape index (κ2) is 4.94. The maximum atomic E-state index is 3.61. The zero-order valence-electron chi connectivity index (χ0n) is 13.4. The van der Waals surface area contributed by atoms with Crippen LogP contribution in [0.3, 0.4) is 0 Å². The molecule has 1 aliphatic carbocycles. The highest BCUT2D eigenvalue weighted by Gasteiger charge is 2.47. The molecule has 1 aromatic carbocycles. The molecule has 0 aliphatic heterocycles. The number of hydrogen-bond donors (Lipinski definition) is 1. The molecule has 2 atom stereocenters. The lowest BCUT2D eigenvalue weighted by Gasteiger charge is -2.53. The van der Waals surface area contributed by atoms with Gasteiger partial charge in [0.25, 0.3) is 0 Å². The Balaban J connectivity index is 2.13. The molecule has 0 heterocycles. The molecule has 1 saturated carbocycles. The third-order valence-corrected chi connectivity index (χ3v) is 4.90. The summed E-state index contributed by atoms with van der Waals surface area (Å²) < 4.78 is 0. The number of nitrogens with one attached hydrogen (secondary N) is 1. The summed E-state index contributed by atoms with van der Waals surface area (Å²) in [6.45, 7) is 14.9. The number of rotatable bonds is 3. The Kier molecular flexibility index (Phi) is 3.79. The molecule has 106 valence electrons. The molecule has 0 spiro atoms. The van der Waals surface area contributed by atoms with E-state index in [4.69, 9.17) is 0 Å². The van der Waals surface area contributed by atoms with E-state index < -0.39 is 0 Å². The molecule has 1 nitrogen and oxygen atoms in total. The van der Waals surface area contributed by atoms with Crippen molar-refractivity contribution >= 4 is 0 Å². The molecule has 1 fully saturated rings. The predicted octanol–water partition coefficient (Wildman–Crippen LogP) is 4.48. The Hall–Kier alpha value is -0.820. The molecular formula is C18H29N. The van der Waals surface area contributed by atoms with E-state index in [1.165, 1.54) is 17.5 Å². The van der Waals surface area contributed by atoms with Crippen LogP contribution >= 0.6 is 0 Å². The monoisotopic (exact) mass is 259 g/mol. The summed E-state index contributed by atoms with van der Waals surface area (Å²) in [7, 11) is 0. The van der Waals surface area contributed by atoms with Crippen molar-refractivity contribution in [3.8, 4) is 0 Å². The van der Waals surface area contributed by atoms with Crippen LogP contribution in [0.1, 0.15) is 65.0 Å². The molecule has 19 heavy (non-hydrogen) atoms. The van der Waals surface area contributed by atoms with E-state index >= 15 is 0 Å². The van der Waals surface area contributed by atoms with Crippen molar-refractivity contribution in [2.24, 2.45) is 5.41 Å². The van der Waals surface area contributed by atoms with E-state index in [2.05, 4.69) is 71.1 Å². The zero-order valence-corrected chi connectivity index (χ0v) is 13.4. The minimum absolute atomic E-state index is 0.250. The molecular weight excluding hydrogens is 230 g/mol. The van der Waals surface area contributed by atoms with E-state index in [1.54, 1.807) is 0 Å². The van der Waals surface area contributed by atoms with Crippen LogP contribution in [-0.4, -0.2) is 12.6 Å². The lowest BCUT2D eigenvalue weighted by Crippen LogP contribution is -2.55. The summed E-state index contributed by atoms with van der Waals surface area (Å²) >= 11 is 0. The minimum Gasteiger partial charge on any atom is -0.314 e. The molecule has 1 heteroatoms. The van der Waals surface area contributed by atoms with Crippen LogP contribution in [0.4, 0.5) is 0 Å². The van der Waals surface area contributed by atoms with Gasteiger partial charge in [0, 0.05) is 6.04 Å². The van der Waals surface area contributed by atoms with E-state index in [1.807, 2.05) is 0 Å². The Bertz CT molecular complexity index is 422. The molecule has 1 aliphatic rings. The highest BCUT2D eigenvalue weighted by Crippen LogP contribution is 2.52. The van der Waals surface area contributed by atoms with Crippen molar-refractivity contribution in [1.82, 2.24) is 5.32 Å². The van der Waals surface area contributed by atoms with Crippen LogP contribution in [0.5, 0.6) is 0 Å². The molecule has 2 unspecified atom stereocenters. The van der Waals surface area contributed by atoms with Gasteiger partial charge in [-0.15, -0.1) is 0 Å². The molecule has 0 radical (unpaired) electrons. The maximum absolute atomic E-state index is 3.61. The predicted molar refractivity (Wildman–Crippen MR) is 83.7 cm³/mol. The van der Waals surface area contributed by atoms with Crippen molar-refractivity contribution in [1.29, 1.82) is 0 Å². The highest BCUT2D eigenvalue weighted by molar-refractivity contribution is 5.33. The number of benzene rings is 1. The Morgan fingerprint density at radius 3 is 2.16 bits per heavy atom. The first-order valence-corrected chi connectivity index (χ1v) is 7.60. The smallest absolute Gasteiger partial charge is 0.0130 e. The molecule has 0 saturated heterocycles. The summed E-state index contributed by atoms with van der Waals surface area (Å²) in [5.74, 6) is 0.700. The highest BCUT2D eigenvalue weighted by atomic mass is 15.0. The summed E-state index contributed by atoms with van der Waals surface area (Å²) in [6, 6.07) is 9.98. The van der Waals surface area contributed by atoms with Gasteiger partial charge in [0.05, 0.1) is 0 Å². The zero-order chi connectivity index (χ0) is 14.3. The van der Waals surface area contributed by atoms with Crippen LogP contribution in [0.15, 0.2) is 24.3 Å². The van der Waals surface area contributed by atoms with Gasteiger partial charge in [0.2, 0.25) is 0 Å². The van der Waals surface area contributed by atoms with Crippen LogP contribution in [0, 0.1) is 5.41 Å². The second-order valence-electron chi connectivity index (χ2n) is 7.59. The normalized spacial score (nSPS) is 26.0.